The second kappa shape index (κ2) is 6.35. The monoisotopic (exact) mass is 292 g/mol. The fourth-order valence-electron chi connectivity index (χ4n) is 2.13. The fourth-order valence-corrected chi connectivity index (χ4v) is 2.13. The van der Waals surface area contributed by atoms with Gasteiger partial charge in [-0.25, -0.2) is 0 Å². The molecule has 2 N–H and O–H groups in total. The van der Waals surface area contributed by atoms with Crippen LogP contribution >= 0.6 is 0 Å². The molecule has 0 spiro atoms. The topological polar surface area (TPSA) is 59.6 Å². The number of amides is 1. The highest BCUT2D eigenvalue weighted by molar-refractivity contribution is 5.76. The number of carbonyl (C=O) groups excluding carboxylic acids is 1. The van der Waals surface area contributed by atoms with Crippen molar-refractivity contribution in [3.63, 3.8) is 0 Å². The van der Waals surface area contributed by atoms with Crippen molar-refractivity contribution < 1.29 is 14.3 Å². The lowest BCUT2D eigenvalue weighted by atomic mass is 10.1. The van der Waals surface area contributed by atoms with Crippen molar-refractivity contribution in [1.29, 1.82) is 0 Å². The first-order valence-electron chi connectivity index (χ1n) is 7.29. The van der Waals surface area contributed by atoms with Crippen molar-refractivity contribution in [3.8, 4) is 11.5 Å². The molecule has 1 aromatic rings. The maximum Gasteiger partial charge on any atom is 0.231 e. The molecule has 116 valence electrons. The van der Waals surface area contributed by atoms with Crippen LogP contribution in [0.2, 0.25) is 0 Å². The maximum absolute atomic E-state index is 11.9. The fraction of sp³-hybridized carbons (Fsp3) is 0.562. The van der Waals surface area contributed by atoms with E-state index in [0.717, 1.165) is 17.1 Å². The molecule has 1 unspecified atom stereocenters. The molecule has 0 saturated carbocycles. The number of hydrogen-bond acceptors (Lipinski definition) is 4. The molecule has 5 nitrogen and oxygen atoms in total. The summed E-state index contributed by atoms with van der Waals surface area (Å²) >= 11 is 0. The molecule has 1 heterocycles. The van der Waals surface area contributed by atoms with Gasteiger partial charge in [-0.05, 0) is 45.4 Å². The van der Waals surface area contributed by atoms with Crippen LogP contribution in [0.15, 0.2) is 18.2 Å². The second-order valence-electron chi connectivity index (χ2n) is 6.33. The van der Waals surface area contributed by atoms with Crippen molar-refractivity contribution >= 4 is 5.91 Å². The molecular formula is C16H24N2O3. The van der Waals surface area contributed by atoms with Crippen LogP contribution in [0.4, 0.5) is 0 Å². The van der Waals surface area contributed by atoms with Gasteiger partial charge in [-0.1, -0.05) is 6.07 Å². The van der Waals surface area contributed by atoms with Crippen LogP contribution in [0.25, 0.3) is 0 Å². The third kappa shape index (κ3) is 4.63. The summed E-state index contributed by atoms with van der Waals surface area (Å²) in [7, 11) is 0. The zero-order chi connectivity index (χ0) is 15.5. The molecule has 1 aromatic carbocycles. The summed E-state index contributed by atoms with van der Waals surface area (Å²) in [5.74, 6) is 1.53. The van der Waals surface area contributed by atoms with E-state index in [2.05, 4.69) is 31.4 Å². The van der Waals surface area contributed by atoms with Gasteiger partial charge in [-0.3, -0.25) is 4.79 Å². The van der Waals surface area contributed by atoms with Gasteiger partial charge >= 0.3 is 0 Å². The van der Waals surface area contributed by atoms with Gasteiger partial charge < -0.3 is 20.1 Å². The van der Waals surface area contributed by atoms with Gasteiger partial charge in [0, 0.05) is 18.5 Å². The Bertz CT molecular complexity index is 509. The van der Waals surface area contributed by atoms with Gasteiger partial charge in [0.1, 0.15) is 0 Å². The standard InChI is InChI=1S/C16H24N2O3/c1-11(18-15(19)7-8-17-16(2,3)4)12-5-6-13-14(9-12)21-10-20-13/h5-6,9,11,17H,7-8,10H2,1-4H3,(H,18,19). The van der Waals surface area contributed by atoms with Crippen LogP contribution in [0.1, 0.15) is 45.7 Å². The van der Waals surface area contributed by atoms with E-state index in [0.29, 0.717) is 13.0 Å². The Morgan fingerprint density at radius 2 is 2.00 bits per heavy atom. The Morgan fingerprint density at radius 3 is 2.71 bits per heavy atom. The third-order valence-electron chi connectivity index (χ3n) is 3.28. The van der Waals surface area contributed by atoms with E-state index in [1.54, 1.807) is 0 Å². The molecule has 5 heteroatoms. The first-order chi connectivity index (χ1) is 9.85. The van der Waals surface area contributed by atoms with E-state index in [1.165, 1.54) is 0 Å². The zero-order valence-corrected chi connectivity index (χ0v) is 13.2. The number of carbonyl (C=O) groups is 1. The summed E-state index contributed by atoms with van der Waals surface area (Å²) in [6.07, 6.45) is 0.464. The Hall–Kier alpha value is -1.75. The highest BCUT2D eigenvalue weighted by atomic mass is 16.7. The Kier molecular flexibility index (Phi) is 4.73. The van der Waals surface area contributed by atoms with E-state index in [1.807, 2.05) is 25.1 Å². The molecule has 0 bridgehead atoms. The van der Waals surface area contributed by atoms with Crippen molar-refractivity contribution in [3.05, 3.63) is 23.8 Å². The van der Waals surface area contributed by atoms with Gasteiger partial charge in [-0.2, -0.15) is 0 Å². The molecule has 0 radical (unpaired) electrons. The van der Waals surface area contributed by atoms with E-state index in [4.69, 9.17) is 9.47 Å². The van der Waals surface area contributed by atoms with Crippen LogP contribution in [0.3, 0.4) is 0 Å². The van der Waals surface area contributed by atoms with Gasteiger partial charge in [0.25, 0.3) is 0 Å². The summed E-state index contributed by atoms with van der Waals surface area (Å²) in [4.78, 5) is 11.9. The molecule has 21 heavy (non-hydrogen) atoms. The van der Waals surface area contributed by atoms with Gasteiger partial charge in [0.15, 0.2) is 11.5 Å². The molecule has 0 aliphatic carbocycles. The average Bonchev–Trinajstić information content (AvgIpc) is 2.83. The molecule has 1 amide bonds. The lowest BCUT2D eigenvalue weighted by molar-refractivity contribution is -0.121. The third-order valence-corrected chi connectivity index (χ3v) is 3.28. The van der Waals surface area contributed by atoms with Crippen LogP contribution in [0.5, 0.6) is 11.5 Å². The van der Waals surface area contributed by atoms with Crippen LogP contribution < -0.4 is 20.1 Å². The highest BCUT2D eigenvalue weighted by Gasteiger charge is 2.17. The van der Waals surface area contributed by atoms with Crippen LogP contribution in [-0.2, 0) is 4.79 Å². The lowest BCUT2D eigenvalue weighted by Crippen LogP contribution is -2.38. The average molecular weight is 292 g/mol. The summed E-state index contributed by atoms with van der Waals surface area (Å²) < 4.78 is 10.6. The number of nitrogens with one attached hydrogen (secondary N) is 2. The minimum atomic E-state index is -0.0540. The quantitative estimate of drug-likeness (QED) is 0.874. The summed E-state index contributed by atoms with van der Waals surface area (Å²) in [5.41, 5.74) is 1.04. The number of fused-ring (bicyclic) bond motifs is 1. The minimum absolute atomic E-state index is 0.0310. The Morgan fingerprint density at radius 1 is 1.29 bits per heavy atom. The van der Waals surface area contributed by atoms with E-state index >= 15 is 0 Å². The number of rotatable bonds is 5. The predicted octanol–water partition coefficient (Wildman–Crippen LogP) is 2.37. The van der Waals surface area contributed by atoms with Crippen molar-refractivity contribution in [1.82, 2.24) is 10.6 Å². The van der Waals surface area contributed by atoms with Gasteiger partial charge in [-0.15, -0.1) is 0 Å². The normalized spacial score (nSPS) is 14.9. The van der Waals surface area contributed by atoms with E-state index in [9.17, 15) is 4.79 Å². The predicted molar refractivity (Wildman–Crippen MR) is 81.5 cm³/mol. The number of benzene rings is 1. The Labute approximate surface area is 126 Å². The second-order valence-corrected chi connectivity index (χ2v) is 6.33. The zero-order valence-electron chi connectivity index (χ0n) is 13.2. The van der Waals surface area contributed by atoms with Gasteiger partial charge in [0.2, 0.25) is 12.7 Å². The molecule has 1 atom stereocenters. The molecule has 1 aliphatic rings. The van der Waals surface area contributed by atoms with Crippen molar-refractivity contribution in [2.45, 2.75) is 45.7 Å². The highest BCUT2D eigenvalue weighted by Crippen LogP contribution is 2.34. The molecule has 0 saturated heterocycles. The smallest absolute Gasteiger partial charge is 0.231 e. The van der Waals surface area contributed by atoms with E-state index in [-0.39, 0.29) is 24.3 Å². The number of hydrogen-bond donors (Lipinski definition) is 2. The largest absolute Gasteiger partial charge is 0.454 e. The molecule has 1 aliphatic heterocycles. The first kappa shape index (κ1) is 15.6. The van der Waals surface area contributed by atoms with Crippen molar-refractivity contribution in [2.24, 2.45) is 0 Å². The lowest BCUT2D eigenvalue weighted by Gasteiger charge is -2.21. The first-order valence-corrected chi connectivity index (χ1v) is 7.29. The number of ether oxygens (including phenoxy) is 2. The molecular weight excluding hydrogens is 268 g/mol. The molecule has 0 aromatic heterocycles. The van der Waals surface area contributed by atoms with Crippen LogP contribution in [0, 0.1) is 0 Å². The van der Waals surface area contributed by atoms with Crippen LogP contribution in [-0.4, -0.2) is 24.8 Å². The molecule has 0 fully saturated rings. The summed E-state index contributed by atoms with van der Waals surface area (Å²) in [6, 6.07) is 5.69. The van der Waals surface area contributed by atoms with E-state index < -0.39 is 0 Å². The SMILES string of the molecule is CC(NC(=O)CCNC(C)(C)C)c1ccc2c(c1)OCO2. The maximum atomic E-state index is 11.9. The summed E-state index contributed by atoms with van der Waals surface area (Å²) in [6.45, 7) is 9.15. The van der Waals surface area contributed by atoms with Crippen molar-refractivity contribution in [2.75, 3.05) is 13.3 Å². The Balaban J connectivity index is 1.83. The molecule has 2 rings (SSSR count). The summed E-state index contributed by atoms with van der Waals surface area (Å²) in [5, 5.41) is 6.30. The van der Waals surface area contributed by atoms with Gasteiger partial charge in [0.05, 0.1) is 6.04 Å². The minimum Gasteiger partial charge on any atom is -0.454 e.